The number of aryl methyl sites for hydroxylation is 1. The van der Waals surface area contributed by atoms with E-state index in [1.54, 1.807) is 6.92 Å². The largest absolute Gasteiger partial charge is 0.478 e. The van der Waals surface area contributed by atoms with E-state index in [1.165, 1.54) is 19.0 Å². The van der Waals surface area contributed by atoms with E-state index >= 15 is 0 Å². The highest BCUT2D eigenvalue weighted by molar-refractivity contribution is 5.88. The van der Waals surface area contributed by atoms with Crippen LogP contribution in [0.4, 0.5) is 5.95 Å². The highest BCUT2D eigenvalue weighted by Crippen LogP contribution is 2.30. The highest BCUT2D eigenvalue weighted by Gasteiger charge is 2.25. The van der Waals surface area contributed by atoms with Gasteiger partial charge in [-0.25, -0.2) is 14.8 Å². The Morgan fingerprint density at radius 3 is 2.74 bits per heavy atom. The minimum absolute atomic E-state index is 0.163. The van der Waals surface area contributed by atoms with Crippen LogP contribution in [0.3, 0.4) is 0 Å². The molecule has 0 amide bonds. The van der Waals surface area contributed by atoms with Crippen molar-refractivity contribution in [3.8, 4) is 0 Å². The maximum Gasteiger partial charge on any atom is 0.339 e. The molecule has 1 aliphatic carbocycles. The molecule has 1 heterocycles. The Labute approximate surface area is 113 Å². The van der Waals surface area contributed by atoms with Crippen LogP contribution in [0.5, 0.6) is 0 Å². The number of carboxylic acids is 1. The van der Waals surface area contributed by atoms with Crippen molar-refractivity contribution in [2.45, 2.75) is 46.1 Å². The van der Waals surface area contributed by atoms with Gasteiger partial charge in [-0.05, 0) is 38.0 Å². The predicted molar refractivity (Wildman–Crippen MR) is 73.3 cm³/mol. The smallest absolute Gasteiger partial charge is 0.339 e. The molecule has 0 spiro atoms. The van der Waals surface area contributed by atoms with Crippen molar-refractivity contribution in [3.63, 3.8) is 0 Å². The lowest BCUT2D eigenvalue weighted by Gasteiger charge is -2.33. The average molecular weight is 263 g/mol. The molecule has 1 aromatic heterocycles. The quantitative estimate of drug-likeness (QED) is 0.877. The zero-order chi connectivity index (χ0) is 14.0. The summed E-state index contributed by atoms with van der Waals surface area (Å²) in [4.78, 5) is 19.3. The number of rotatable bonds is 3. The number of aromatic carboxylic acids is 1. The minimum Gasteiger partial charge on any atom is -0.478 e. The standard InChI is InChI=1S/C14H21N3O2/c1-8-4-5-12(9(2)6-8)17-14-15-7-11(13(18)19)10(3)16-14/h7-9,12H,4-6H2,1-3H3,(H,18,19)(H,15,16,17). The first-order valence-electron chi connectivity index (χ1n) is 6.81. The number of hydrogen-bond acceptors (Lipinski definition) is 4. The fourth-order valence-corrected chi connectivity index (χ4v) is 2.79. The van der Waals surface area contributed by atoms with Crippen molar-refractivity contribution in [1.82, 2.24) is 9.97 Å². The second-order valence-electron chi connectivity index (χ2n) is 5.64. The second kappa shape index (κ2) is 5.55. The van der Waals surface area contributed by atoms with E-state index in [-0.39, 0.29) is 5.56 Å². The minimum atomic E-state index is -0.982. The van der Waals surface area contributed by atoms with E-state index in [0.29, 0.717) is 23.6 Å². The number of hydrogen-bond donors (Lipinski definition) is 2. The number of nitrogens with one attached hydrogen (secondary N) is 1. The summed E-state index contributed by atoms with van der Waals surface area (Å²) >= 11 is 0. The van der Waals surface area contributed by atoms with E-state index in [4.69, 9.17) is 5.11 Å². The lowest BCUT2D eigenvalue weighted by atomic mass is 9.80. The SMILES string of the molecule is Cc1nc(NC2CCC(C)CC2C)ncc1C(=O)O. The van der Waals surface area contributed by atoms with Crippen LogP contribution in [-0.2, 0) is 0 Å². The molecule has 0 saturated heterocycles. The summed E-state index contributed by atoms with van der Waals surface area (Å²) < 4.78 is 0. The molecule has 3 unspecified atom stereocenters. The van der Waals surface area contributed by atoms with E-state index in [9.17, 15) is 4.79 Å². The molecule has 5 nitrogen and oxygen atoms in total. The van der Waals surface area contributed by atoms with Crippen molar-refractivity contribution in [1.29, 1.82) is 0 Å². The summed E-state index contributed by atoms with van der Waals surface area (Å²) in [5, 5.41) is 12.3. The Morgan fingerprint density at radius 1 is 1.42 bits per heavy atom. The van der Waals surface area contributed by atoms with E-state index in [0.717, 1.165) is 12.3 Å². The van der Waals surface area contributed by atoms with Gasteiger partial charge in [0.1, 0.15) is 0 Å². The molecule has 2 rings (SSSR count). The van der Waals surface area contributed by atoms with E-state index in [1.807, 2.05) is 0 Å². The lowest BCUT2D eigenvalue weighted by molar-refractivity contribution is 0.0695. The van der Waals surface area contributed by atoms with Gasteiger partial charge in [0.15, 0.2) is 0 Å². The number of anilines is 1. The van der Waals surface area contributed by atoms with Crippen molar-refractivity contribution >= 4 is 11.9 Å². The molecule has 0 aliphatic heterocycles. The van der Waals surface area contributed by atoms with Crippen LogP contribution in [0.1, 0.15) is 49.2 Å². The first-order chi connectivity index (χ1) is 8.97. The van der Waals surface area contributed by atoms with Crippen LogP contribution in [-0.4, -0.2) is 27.1 Å². The molecule has 1 fully saturated rings. The molecule has 3 atom stereocenters. The maximum absolute atomic E-state index is 10.9. The van der Waals surface area contributed by atoms with Crippen LogP contribution in [0, 0.1) is 18.8 Å². The van der Waals surface area contributed by atoms with Crippen molar-refractivity contribution in [2.75, 3.05) is 5.32 Å². The van der Waals surface area contributed by atoms with Gasteiger partial charge in [-0.3, -0.25) is 0 Å². The number of aromatic nitrogens is 2. The Balaban J connectivity index is 2.07. The van der Waals surface area contributed by atoms with Gasteiger partial charge in [0.2, 0.25) is 5.95 Å². The van der Waals surface area contributed by atoms with Gasteiger partial charge in [0.05, 0.1) is 11.3 Å². The van der Waals surface area contributed by atoms with Crippen molar-refractivity contribution in [2.24, 2.45) is 11.8 Å². The van der Waals surface area contributed by atoms with Crippen molar-refractivity contribution < 1.29 is 9.90 Å². The number of carbonyl (C=O) groups is 1. The topological polar surface area (TPSA) is 75.1 Å². The van der Waals surface area contributed by atoms with Gasteiger partial charge < -0.3 is 10.4 Å². The van der Waals surface area contributed by atoms with Crippen LogP contribution in [0.25, 0.3) is 0 Å². The third-order valence-corrected chi connectivity index (χ3v) is 3.96. The van der Waals surface area contributed by atoms with Crippen LogP contribution < -0.4 is 5.32 Å². The molecule has 104 valence electrons. The Bertz CT molecular complexity index is 476. The van der Waals surface area contributed by atoms with E-state index < -0.39 is 5.97 Å². The van der Waals surface area contributed by atoms with Crippen LogP contribution >= 0.6 is 0 Å². The third-order valence-electron chi connectivity index (χ3n) is 3.96. The van der Waals surface area contributed by atoms with Gasteiger partial charge >= 0.3 is 5.97 Å². The molecule has 19 heavy (non-hydrogen) atoms. The van der Waals surface area contributed by atoms with Crippen LogP contribution in [0.15, 0.2) is 6.20 Å². The summed E-state index contributed by atoms with van der Waals surface area (Å²) in [5.41, 5.74) is 0.665. The molecule has 1 saturated carbocycles. The zero-order valence-corrected chi connectivity index (χ0v) is 11.7. The van der Waals surface area contributed by atoms with Gasteiger partial charge in [-0.15, -0.1) is 0 Å². The molecular formula is C14H21N3O2. The average Bonchev–Trinajstić information content (AvgIpc) is 2.32. The van der Waals surface area contributed by atoms with Crippen molar-refractivity contribution in [3.05, 3.63) is 17.5 Å². The number of carboxylic acid groups (broad SMARTS) is 1. The molecule has 1 aromatic rings. The molecule has 5 heteroatoms. The Kier molecular flexibility index (Phi) is 4.02. The molecule has 0 radical (unpaired) electrons. The summed E-state index contributed by atoms with van der Waals surface area (Å²) in [6, 6.07) is 0.381. The zero-order valence-electron chi connectivity index (χ0n) is 11.7. The molecule has 0 bridgehead atoms. The highest BCUT2D eigenvalue weighted by atomic mass is 16.4. The monoisotopic (exact) mass is 263 g/mol. The fourth-order valence-electron chi connectivity index (χ4n) is 2.79. The Morgan fingerprint density at radius 2 is 2.16 bits per heavy atom. The third kappa shape index (κ3) is 3.22. The summed E-state index contributed by atoms with van der Waals surface area (Å²) in [6.07, 6.45) is 4.92. The molecule has 2 N–H and O–H groups in total. The number of nitrogens with zero attached hydrogens (tertiary/aromatic N) is 2. The second-order valence-corrected chi connectivity index (χ2v) is 5.64. The van der Waals surface area contributed by atoms with E-state index in [2.05, 4.69) is 29.1 Å². The van der Waals surface area contributed by atoms with Gasteiger partial charge in [0, 0.05) is 12.2 Å². The normalized spacial score (nSPS) is 27.0. The lowest BCUT2D eigenvalue weighted by Crippen LogP contribution is -2.33. The summed E-state index contributed by atoms with van der Waals surface area (Å²) in [7, 11) is 0. The molecule has 1 aliphatic rings. The van der Waals surface area contributed by atoms with Gasteiger partial charge in [-0.2, -0.15) is 0 Å². The first-order valence-corrected chi connectivity index (χ1v) is 6.81. The maximum atomic E-state index is 10.9. The first kappa shape index (κ1) is 13.8. The molecule has 0 aromatic carbocycles. The molecular weight excluding hydrogens is 242 g/mol. The summed E-state index contributed by atoms with van der Waals surface area (Å²) in [5.74, 6) is 0.926. The predicted octanol–water partition coefficient (Wildman–Crippen LogP) is 2.72. The summed E-state index contributed by atoms with van der Waals surface area (Å²) in [6.45, 7) is 6.23. The van der Waals surface area contributed by atoms with Gasteiger partial charge in [0.25, 0.3) is 0 Å². The van der Waals surface area contributed by atoms with Gasteiger partial charge in [-0.1, -0.05) is 13.8 Å². The fraction of sp³-hybridized carbons (Fsp3) is 0.643. The Hall–Kier alpha value is -1.65. The van der Waals surface area contributed by atoms with Crippen LogP contribution in [0.2, 0.25) is 0 Å².